The fourth-order valence-electron chi connectivity index (χ4n) is 2.52. The molecule has 3 atom stereocenters. The van der Waals surface area contributed by atoms with Crippen LogP contribution < -0.4 is 0 Å². The normalized spacial score (nSPS) is 25.1. The van der Waals surface area contributed by atoms with Crippen molar-refractivity contribution >= 4 is 5.78 Å². The number of carbonyl (C=O) groups is 1. The first-order chi connectivity index (χ1) is 9.18. The fourth-order valence-corrected chi connectivity index (χ4v) is 2.52. The first-order valence-electron chi connectivity index (χ1n) is 6.25. The molecule has 2 aromatic rings. The molecule has 0 radical (unpaired) electrons. The first kappa shape index (κ1) is 12.1. The molecule has 19 heavy (non-hydrogen) atoms. The van der Waals surface area contributed by atoms with Crippen LogP contribution in [0.3, 0.4) is 0 Å². The fraction of sp³-hybridized carbons (Fsp3) is 0.188. The zero-order chi connectivity index (χ0) is 13.4. The molecule has 3 rings (SSSR count). The van der Waals surface area contributed by atoms with E-state index in [0.29, 0.717) is 5.56 Å². The molecule has 0 N–H and O–H groups in total. The van der Waals surface area contributed by atoms with Crippen molar-refractivity contribution in [3.05, 3.63) is 71.5 Å². The summed E-state index contributed by atoms with van der Waals surface area (Å²) in [6.45, 7) is 0. The summed E-state index contributed by atoms with van der Waals surface area (Å²) in [6, 6.07) is 15.7. The standard InChI is InChI=1S/C16H14FNO/c1-18-14(11-5-3-2-4-6-11)15(18)16(19)12-7-9-13(17)10-8-12/h2-10,14-15H,1H3. The van der Waals surface area contributed by atoms with Gasteiger partial charge in [0.05, 0.1) is 12.1 Å². The van der Waals surface area contributed by atoms with Gasteiger partial charge in [0, 0.05) is 5.56 Å². The van der Waals surface area contributed by atoms with Gasteiger partial charge in [0.15, 0.2) is 5.78 Å². The van der Waals surface area contributed by atoms with E-state index >= 15 is 0 Å². The molecule has 1 aliphatic rings. The molecule has 1 heterocycles. The predicted octanol–water partition coefficient (Wildman–Crippen LogP) is 3.06. The highest BCUT2D eigenvalue weighted by molar-refractivity contribution is 6.02. The van der Waals surface area contributed by atoms with E-state index < -0.39 is 0 Å². The Balaban J connectivity index is 1.81. The van der Waals surface area contributed by atoms with Crippen molar-refractivity contribution in [2.45, 2.75) is 12.1 Å². The zero-order valence-electron chi connectivity index (χ0n) is 10.6. The Hall–Kier alpha value is -2.00. The van der Waals surface area contributed by atoms with Gasteiger partial charge >= 0.3 is 0 Å². The van der Waals surface area contributed by atoms with E-state index in [1.807, 2.05) is 42.3 Å². The molecule has 0 spiro atoms. The largest absolute Gasteiger partial charge is 0.292 e. The molecule has 0 bridgehead atoms. The van der Waals surface area contributed by atoms with Gasteiger partial charge in [0.2, 0.25) is 0 Å². The smallest absolute Gasteiger partial charge is 0.181 e. The summed E-state index contributed by atoms with van der Waals surface area (Å²) in [6.07, 6.45) is 0. The second-order valence-electron chi connectivity index (χ2n) is 4.84. The maximum atomic E-state index is 12.9. The molecule has 1 saturated heterocycles. The lowest BCUT2D eigenvalue weighted by Crippen LogP contribution is -2.11. The summed E-state index contributed by atoms with van der Waals surface area (Å²) >= 11 is 0. The van der Waals surface area contributed by atoms with E-state index in [1.165, 1.54) is 12.1 Å². The second-order valence-corrected chi connectivity index (χ2v) is 4.84. The van der Waals surface area contributed by atoms with E-state index in [9.17, 15) is 9.18 Å². The van der Waals surface area contributed by atoms with Gasteiger partial charge in [-0.2, -0.15) is 0 Å². The molecule has 3 unspecified atom stereocenters. The maximum Gasteiger partial charge on any atom is 0.181 e. The summed E-state index contributed by atoms with van der Waals surface area (Å²) in [5, 5.41) is 0. The summed E-state index contributed by atoms with van der Waals surface area (Å²) in [7, 11) is 1.93. The predicted molar refractivity (Wildman–Crippen MR) is 71.5 cm³/mol. The minimum atomic E-state index is -0.319. The van der Waals surface area contributed by atoms with E-state index in [1.54, 1.807) is 12.1 Å². The average Bonchev–Trinajstić information content (AvgIpc) is 3.11. The van der Waals surface area contributed by atoms with Gasteiger partial charge in [-0.3, -0.25) is 9.69 Å². The highest BCUT2D eigenvalue weighted by atomic mass is 19.1. The van der Waals surface area contributed by atoms with Crippen LogP contribution in [0.2, 0.25) is 0 Å². The van der Waals surface area contributed by atoms with Gasteiger partial charge in [-0.05, 0) is 36.9 Å². The quantitative estimate of drug-likeness (QED) is 0.620. The molecule has 0 aliphatic carbocycles. The second kappa shape index (κ2) is 4.59. The van der Waals surface area contributed by atoms with Crippen molar-refractivity contribution in [1.29, 1.82) is 0 Å². The number of halogens is 1. The Morgan fingerprint density at radius 1 is 1.05 bits per heavy atom. The molecule has 3 heteroatoms. The van der Waals surface area contributed by atoms with Gasteiger partial charge in [-0.1, -0.05) is 30.3 Å². The van der Waals surface area contributed by atoms with E-state index in [0.717, 1.165) is 5.56 Å². The van der Waals surface area contributed by atoms with Crippen molar-refractivity contribution in [2.75, 3.05) is 7.05 Å². The Labute approximate surface area is 111 Å². The number of rotatable bonds is 3. The average molecular weight is 255 g/mol. The van der Waals surface area contributed by atoms with Crippen LogP contribution >= 0.6 is 0 Å². The molecule has 0 aromatic heterocycles. The Morgan fingerprint density at radius 3 is 2.32 bits per heavy atom. The highest BCUT2D eigenvalue weighted by Crippen LogP contribution is 2.42. The molecule has 96 valence electrons. The van der Waals surface area contributed by atoms with Crippen LogP contribution in [0, 0.1) is 5.82 Å². The molecule has 1 aliphatic heterocycles. The topological polar surface area (TPSA) is 20.1 Å². The minimum absolute atomic E-state index is 0.0522. The Kier molecular flexibility index (Phi) is 2.91. The van der Waals surface area contributed by atoms with Crippen molar-refractivity contribution in [3.8, 4) is 0 Å². The Morgan fingerprint density at radius 2 is 1.68 bits per heavy atom. The maximum absolute atomic E-state index is 12.9. The number of benzene rings is 2. The number of hydrogen-bond donors (Lipinski definition) is 0. The lowest BCUT2D eigenvalue weighted by Gasteiger charge is -1.99. The molecule has 2 aromatic carbocycles. The van der Waals surface area contributed by atoms with Crippen LogP contribution in [-0.2, 0) is 0 Å². The number of nitrogens with zero attached hydrogens (tertiary/aromatic N) is 1. The zero-order valence-corrected chi connectivity index (χ0v) is 10.6. The third-order valence-corrected chi connectivity index (χ3v) is 3.63. The monoisotopic (exact) mass is 255 g/mol. The molecular formula is C16H14FNO. The molecule has 0 amide bonds. The van der Waals surface area contributed by atoms with Gasteiger partial charge in [-0.15, -0.1) is 0 Å². The van der Waals surface area contributed by atoms with Crippen LogP contribution in [0.15, 0.2) is 54.6 Å². The molecule has 2 nitrogen and oxygen atoms in total. The molecular weight excluding hydrogens is 241 g/mol. The SMILES string of the molecule is CN1C(C(=O)c2ccc(F)cc2)C1c1ccccc1. The van der Waals surface area contributed by atoms with Crippen molar-refractivity contribution in [2.24, 2.45) is 0 Å². The van der Waals surface area contributed by atoms with E-state index in [-0.39, 0.29) is 23.7 Å². The van der Waals surface area contributed by atoms with Crippen LogP contribution in [0.1, 0.15) is 22.0 Å². The van der Waals surface area contributed by atoms with Gasteiger partial charge < -0.3 is 0 Å². The van der Waals surface area contributed by atoms with Gasteiger partial charge in [-0.25, -0.2) is 4.39 Å². The minimum Gasteiger partial charge on any atom is -0.292 e. The van der Waals surface area contributed by atoms with Gasteiger partial charge in [0.25, 0.3) is 0 Å². The first-order valence-corrected chi connectivity index (χ1v) is 6.25. The third kappa shape index (κ3) is 2.17. The number of hydrogen-bond acceptors (Lipinski definition) is 2. The summed E-state index contributed by atoms with van der Waals surface area (Å²) in [5.74, 6) is -0.267. The van der Waals surface area contributed by atoms with Crippen LogP contribution in [0.25, 0.3) is 0 Å². The van der Waals surface area contributed by atoms with Crippen molar-refractivity contribution in [1.82, 2.24) is 4.90 Å². The van der Waals surface area contributed by atoms with Crippen LogP contribution in [0.4, 0.5) is 4.39 Å². The van der Waals surface area contributed by atoms with E-state index in [2.05, 4.69) is 0 Å². The highest BCUT2D eigenvalue weighted by Gasteiger charge is 2.50. The van der Waals surface area contributed by atoms with Crippen molar-refractivity contribution in [3.63, 3.8) is 0 Å². The molecule has 0 saturated carbocycles. The van der Waals surface area contributed by atoms with Crippen molar-refractivity contribution < 1.29 is 9.18 Å². The van der Waals surface area contributed by atoms with Gasteiger partial charge in [0.1, 0.15) is 5.82 Å². The Bertz CT molecular complexity index is 594. The lowest BCUT2D eigenvalue weighted by atomic mass is 10.0. The number of ketones is 1. The number of Topliss-reactive ketones (excluding diaryl/α,β-unsaturated/α-hetero) is 1. The van der Waals surface area contributed by atoms with E-state index in [4.69, 9.17) is 0 Å². The summed E-state index contributed by atoms with van der Waals surface area (Å²) in [5.41, 5.74) is 1.71. The number of likely N-dealkylation sites (N-methyl/N-ethyl adjacent to an activating group) is 1. The summed E-state index contributed by atoms with van der Waals surface area (Å²) in [4.78, 5) is 14.4. The number of carbonyl (C=O) groups excluding carboxylic acids is 1. The summed E-state index contributed by atoms with van der Waals surface area (Å²) < 4.78 is 12.9. The molecule has 1 fully saturated rings. The lowest BCUT2D eigenvalue weighted by molar-refractivity contribution is 0.0977. The van der Waals surface area contributed by atoms with Crippen LogP contribution in [-0.4, -0.2) is 23.8 Å². The van der Waals surface area contributed by atoms with Crippen LogP contribution in [0.5, 0.6) is 0 Å². The third-order valence-electron chi connectivity index (χ3n) is 3.63.